The molecule has 0 saturated heterocycles. The molecule has 31 heavy (non-hydrogen) atoms. The molecule has 4 aromatic rings. The summed E-state index contributed by atoms with van der Waals surface area (Å²) in [6, 6.07) is 20.9. The van der Waals surface area contributed by atoms with Crippen molar-refractivity contribution in [1.29, 1.82) is 0 Å². The number of aromatic hydroxyl groups is 1. The highest BCUT2D eigenvalue weighted by Gasteiger charge is 2.15. The molecular weight excluding hydrogens is 393 g/mol. The molecule has 0 atom stereocenters. The van der Waals surface area contributed by atoms with E-state index in [9.17, 15) is 9.50 Å². The van der Waals surface area contributed by atoms with Gasteiger partial charge in [-0.05, 0) is 73.7 Å². The monoisotopic (exact) mass is 411 g/mol. The number of allylic oxidation sites excluding steroid dienone is 1. The Morgan fingerprint density at radius 1 is 0.935 bits per heavy atom. The van der Waals surface area contributed by atoms with E-state index in [1.165, 1.54) is 12.1 Å². The Balaban J connectivity index is 1.42. The molecule has 1 aliphatic heterocycles. The van der Waals surface area contributed by atoms with Gasteiger partial charge in [0.1, 0.15) is 28.8 Å². The summed E-state index contributed by atoms with van der Waals surface area (Å²) < 4.78 is 20.4. The van der Waals surface area contributed by atoms with Crippen LogP contribution in [0.4, 0.5) is 4.39 Å². The number of hydrogen-bond acceptors (Lipinski definition) is 4. The lowest BCUT2D eigenvalue weighted by Gasteiger charge is -2.09. The van der Waals surface area contributed by atoms with Gasteiger partial charge in [-0.25, -0.2) is 14.4 Å². The second-order valence-electron chi connectivity index (χ2n) is 7.14. The van der Waals surface area contributed by atoms with Gasteiger partial charge in [-0.15, -0.1) is 0 Å². The van der Waals surface area contributed by atoms with Crippen LogP contribution in [0.5, 0.6) is 17.4 Å². The topological polar surface area (TPSA) is 59.6 Å². The largest absolute Gasteiger partial charge is 0.493 e. The molecule has 0 unspecified atom stereocenters. The van der Waals surface area contributed by atoms with E-state index in [2.05, 4.69) is 9.98 Å². The number of fused-ring (bicyclic) bond motifs is 1. The van der Waals surface area contributed by atoms with E-state index in [1.54, 1.807) is 34.9 Å². The van der Waals surface area contributed by atoms with Gasteiger partial charge in [0.15, 0.2) is 0 Å². The number of ether oxygens (including phenoxy) is 1. The lowest BCUT2D eigenvalue weighted by molar-refractivity contribution is 0.440. The van der Waals surface area contributed by atoms with E-state index in [-0.39, 0.29) is 11.7 Å². The van der Waals surface area contributed by atoms with Crippen molar-refractivity contribution in [2.75, 3.05) is 0 Å². The van der Waals surface area contributed by atoms with E-state index in [4.69, 9.17) is 4.74 Å². The first-order valence-electron chi connectivity index (χ1n) is 9.76. The van der Waals surface area contributed by atoms with Crippen LogP contribution in [0.3, 0.4) is 0 Å². The quantitative estimate of drug-likeness (QED) is 0.546. The number of aryl methyl sites for hydroxylation is 1. The third-order valence-corrected chi connectivity index (χ3v) is 4.97. The molecule has 0 saturated carbocycles. The summed E-state index contributed by atoms with van der Waals surface area (Å²) in [4.78, 5) is 9.06. The predicted octanol–water partition coefficient (Wildman–Crippen LogP) is 4.27. The molecular formula is C25H18FN3O2. The van der Waals surface area contributed by atoms with Crippen LogP contribution in [0, 0.1) is 12.7 Å². The zero-order valence-electron chi connectivity index (χ0n) is 16.7. The zero-order chi connectivity index (χ0) is 21.4. The van der Waals surface area contributed by atoms with Crippen molar-refractivity contribution in [2.45, 2.75) is 6.92 Å². The lowest BCUT2D eigenvalue weighted by Crippen LogP contribution is -2.19. The standard InChI is InChI=1S/C25H18FN3O2/c1-16-27-24(15-19-14-17-4-2-3-5-23(17)28-19)25(30)29(16)20-8-12-22(13-9-20)31-21-10-6-18(26)7-11-21/h2-15,30H,1H3/b19-15-. The van der Waals surface area contributed by atoms with Crippen LogP contribution in [-0.4, -0.2) is 14.7 Å². The number of hydrogen-bond donors (Lipinski definition) is 1. The van der Waals surface area contributed by atoms with Gasteiger partial charge in [-0.2, -0.15) is 0 Å². The second kappa shape index (κ2) is 7.57. The van der Waals surface area contributed by atoms with Gasteiger partial charge < -0.3 is 9.84 Å². The van der Waals surface area contributed by atoms with Gasteiger partial charge in [-0.3, -0.25) is 4.57 Å². The Bertz CT molecular complexity index is 1380. The van der Waals surface area contributed by atoms with Crippen molar-refractivity contribution in [1.82, 2.24) is 9.55 Å². The minimum Gasteiger partial charge on any atom is -0.493 e. The van der Waals surface area contributed by atoms with E-state index in [0.29, 0.717) is 23.0 Å². The number of imidazole rings is 1. The molecule has 2 heterocycles. The molecule has 5 nitrogen and oxygen atoms in total. The van der Waals surface area contributed by atoms with Gasteiger partial charge in [0.05, 0.1) is 16.7 Å². The average molecular weight is 411 g/mol. The van der Waals surface area contributed by atoms with Crippen LogP contribution in [0.15, 0.2) is 83.5 Å². The number of rotatable bonds is 4. The number of aromatic nitrogens is 2. The maximum atomic E-state index is 13.0. The van der Waals surface area contributed by atoms with Crippen LogP contribution in [0.2, 0.25) is 0 Å². The first-order chi connectivity index (χ1) is 15.1. The predicted molar refractivity (Wildman–Crippen MR) is 116 cm³/mol. The molecule has 0 fully saturated rings. The summed E-state index contributed by atoms with van der Waals surface area (Å²) in [5.41, 5.74) is 1.94. The van der Waals surface area contributed by atoms with Gasteiger partial charge in [-0.1, -0.05) is 18.2 Å². The summed E-state index contributed by atoms with van der Waals surface area (Å²) in [6.07, 6.45) is 3.73. The Labute approximate surface area is 177 Å². The molecule has 1 N–H and O–H groups in total. The van der Waals surface area contributed by atoms with E-state index in [1.807, 2.05) is 49.4 Å². The highest BCUT2D eigenvalue weighted by Crippen LogP contribution is 2.29. The Kier molecular flexibility index (Phi) is 4.59. The van der Waals surface area contributed by atoms with Crippen molar-refractivity contribution in [3.63, 3.8) is 0 Å². The van der Waals surface area contributed by atoms with Crippen LogP contribution < -0.4 is 15.3 Å². The zero-order valence-corrected chi connectivity index (χ0v) is 16.7. The Morgan fingerprint density at radius 3 is 2.32 bits per heavy atom. The van der Waals surface area contributed by atoms with Crippen LogP contribution in [-0.2, 0) is 0 Å². The van der Waals surface area contributed by atoms with Crippen molar-refractivity contribution in [3.05, 3.63) is 106 Å². The Morgan fingerprint density at radius 2 is 1.61 bits per heavy atom. The highest BCUT2D eigenvalue weighted by molar-refractivity contribution is 5.67. The second-order valence-corrected chi connectivity index (χ2v) is 7.14. The SMILES string of the molecule is Cc1nc(/C=C2/C=c3ccccc3=N2)c(O)n1-c1ccc(Oc2ccc(F)cc2)cc1. The number of para-hydroxylation sites is 1. The molecule has 3 aromatic carbocycles. The van der Waals surface area contributed by atoms with Gasteiger partial charge in [0.25, 0.3) is 0 Å². The first-order valence-corrected chi connectivity index (χ1v) is 9.76. The summed E-state index contributed by atoms with van der Waals surface area (Å²) in [5.74, 6) is 1.52. The lowest BCUT2D eigenvalue weighted by atomic mass is 10.2. The maximum absolute atomic E-state index is 13.0. The van der Waals surface area contributed by atoms with Gasteiger partial charge in [0.2, 0.25) is 5.88 Å². The molecule has 0 bridgehead atoms. The minimum absolute atomic E-state index is 0.0387. The molecule has 0 radical (unpaired) electrons. The molecule has 0 spiro atoms. The Hall–Kier alpha value is -4.19. The maximum Gasteiger partial charge on any atom is 0.223 e. The van der Waals surface area contributed by atoms with Crippen LogP contribution in [0.1, 0.15) is 11.5 Å². The molecule has 0 amide bonds. The van der Waals surface area contributed by atoms with Crippen molar-refractivity contribution >= 4 is 12.2 Å². The van der Waals surface area contributed by atoms with E-state index < -0.39 is 0 Å². The molecule has 152 valence electrons. The number of nitrogens with zero attached hydrogens (tertiary/aromatic N) is 3. The van der Waals surface area contributed by atoms with Crippen molar-refractivity contribution in [2.24, 2.45) is 4.99 Å². The molecule has 1 aliphatic rings. The third kappa shape index (κ3) is 3.71. The number of benzene rings is 3. The third-order valence-electron chi connectivity index (χ3n) is 4.97. The fourth-order valence-electron chi connectivity index (χ4n) is 3.51. The summed E-state index contributed by atoms with van der Waals surface area (Å²) in [5, 5.41) is 12.8. The normalized spacial score (nSPS) is 13.5. The summed E-state index contributed by atoms with van der Waals surface area (Å²) in [6.45, 7) is 1.83. The highest BCUT2D eigenvalue weighted by atomic mass is 19.1. The van der Waals surface area contributed by atoms with E-state index >= 15 is 0 Å². The van der Waals surface area contributed by atoms with Crippen molar-refractivity contribution in [3.8, 4) is 23.1 Å². The van der Waals surface area contributed by atoms with E-state index in [0.717, 1.165) is 22.0 Å². The fourth-order valence-corrected chi connectivity index (χ4v) is 3.51. The first kappa shape index (κ1) is 18.8. The molecule has 1 aromatic heterocycles. The minimum atomic E-state index is -0.314. The fraction of sp³-hybridized carbons (Fsp3) is 0.0400. The van der Waals surface area contributed by atoms with Gasteiger partial charge >= 0.3 is 0 Å². The van der Waals surface area contributed by atoms with Gasteiger partial charge in [0, 0.05) is 5.22 Å². The number of halogens is 1. The smallest absolute Gasteiger partial charge is 0.223 e. The van der Waals surface area contributed by atoms with Crippen LogP contribution in [0.25, 0.3) is 17.8 Å². The molecule has 6 heteroatoms. The summed E-state index contributed by atoms with van der Waals surface area (Å²) in [7, 11) is 0. The van der Waals surface area contributed by atoms with Crippen molar-refractivity contribution < 1.29 is 14.2 Å². The average Bonchev–Trinajstić information content (AvgIpc) is 3.30. The molecule has 0 aliphatic carbocycles. The summed E-state index contributed by atoms with van der Waals surface area (Å²) >= 11 is 0. The van der Waals surface area contributed by atoms with Crippen LogP contribution >= 0.6 is 0 Å². The molecule has 5 rings (SSSR count).